The van der Waals surface area contributed by atoms with Gasteiger partial charge in [-0.05, 0) is 60.0 Å². The Hall–Kier alpha value is -5.41. The lowest BCUT2D eigenvalue weighted by Crippen LogP contribution is -2.41. The van der Waals surface area contributed by atoms with Crippen LogP contribution in [0.15, 0.2) is 120 Å². The fourth-order valence-electron chi connectivity index (χ4n) is 6.59. The summed E-state index contributed by atoms with van der Waals surface area (Å²) in [5, 5.41) is 16.2. The highest BCUT2D eigenvalue weighted by Crippen LogP contribution is 2.43. The van der Waals surface area contributed by atoms with E-state index < -0.39 is 41.7 Å². The van der Waals surface area contributed by atoms with Crippen molar-refractivity contribution in [2.24, 2.45) is 0 Å². The van der Waals surface area contributed by atoms with Crippen molar-refractivity contribution in [1.82, 2.24) is 14.6 Å². The number of rotatable bonds is 16. The van der Waals surface area contributed by atoms with E-state index in [1.54, 1.807) is 70.6 Å². The molecule has 288 valence electrons. The molecule has 0 spiro atoms. The molecule has 13 heteroatoms. The predicted molar refractivity (Wildman–Crippen MR) is 205 cm³/mol. The third-order valence-electron chi connectivity index (χ3n) is 9.37. The van der Waals surface area contributed by atoms with Gasteiger partial charge in [0.1, 0.15) is 41.2 Å². The van der Waals surface area contributed by atoms with E-state index in [0.29, 0.717) is 22.6 Å². The van der Waals surface area contributed by atoms with Gasteiger partial charge in [0.05, 0.1) is 34.0 Å². The van der Waals surface area contributed by atoms with Gasteiger partial charge in [-0.15, -0.1) is 0 Å². The first-order valence-corrected chi connectivity index (χ1v) is 17.8. The molecule has 1 saturated heterocycles. The Morgan fingerprint density at radius 3 is 1.98 bits per heavy atom. The first-order valence-electron chi connectivity index (χ1n) is 17.8. The molecule has 2 N–H and O–H groups in total. The number of carbonyl (C=O) groups excluding carboxylic acids is 1. The number of anilines is 1. The summed E-state index contributed by atoms with van der Waals surface area (Å²) >= 11 is 0. The Labute approximate surface area is 319 Å². The highest BCUT2D eigenvalue weighted by molar-refractivity contribution is 6.04. The van der Waals surface area contributed by atoms with Crippen molar-refractivity contribution in [1.29, 1.82) is 0 Å². The van der Waals surface area contributed by atoms with Gasteiger partial charge in [-0.3, -0.25) is 14.2 Å². The number of hydrogen-bond acceptors (Lipinski definition) is 11. The minimum Gasteiger partial charge on any atom is -0.497 e. The molecule has 0 saturated carbocycles. The summed E-state index contributed by atoms with van der Waals surface area (Å²) in [6.45, 7) is 1.87. The average molecular weight is 751 g/mol. The molecule has 1 aromatic heterocycles. The monoisotopic (exact) mass is 750 g/mol. The highest BCUT2D eigenvalue weighted by atomic mass is 16.7. The first kappa shape index (κ1) is 39.3. The Bertz CT molecular complexity index is 2010. The van der Waals surface area contributed by atoms with Crippen LogP contribution in [0.2, 0.25) is 0 Å². The van der Waals surface area contributed by atoms with Gasteiger partial charge in [-0.25, -0.2) is 4.79 Å². The molecule has 1 fully saturated rings. The van der Waals surface area contributed by atoms with Crippen molar-refractivity contribution < 1.29 is 38.4 Å². The molecule has 1 aliphatic rings. The Morgan fingerprint density at radius 1 is 0.855 bits per heavy atom. The molecule has 0 bridgehead atoms. The van der Waals surface area contributed by atoms with E-state index in [-0.39, 0.29) is 25.6 Å². The van der Waals surface area contributed by atoms with E-state index in [2.05, 4.69) is 10.3 Å². The minimum absolute atomic E-state index is 0.0887. The number of methoxy groups -OCH3 is 2. The summed E-state index contributed by atoms with van der Waals surface area (Å²) in [5.41, 5.74) is 1.44. The van der Waals surface area contributed by atoms with E-state index in [9.17, 15) is 14.7 Å². The van der Waals surface area contributed by atoms with Crippen LogP contribution in [0.4, 0.5) is 5.82 Å². The fourth-order valence-corrected chi connectivity index (χ4v) is 6.59. The fraction of sp³-hybridized carbons (Fsp3) is 0.310. The lowest BCUT2D eigenvalue weighted by molar-refractivity contribution is -0.151. The van der Waals surface area contributed by atoms with Crippen LogP contribution in [0, 0.1) is 6.92 Å². The van der Waals surface area contributed by atoms with Gasteiger partial charge >= 0.3 is 5.69 Å². The van der Waals surface area contributed by atoms with Crippen molar-refractivity contribution in [3.05, 3.63) is 154 Å². The van der Waals surface area contributed by atoms with Crippen molar-refractivity contribution in [3.63, 3.8) is 0 Å². The molecule has 0 unspecified atom stereocenters. The molecule has 13 nitrogen and oxygen atoms in total. The van der Waals surface area contributed by atoms with Crippen molar-refractivity contribution in [2.75, 3.05) is 53.5 Å². The molecule has 5 aromatic rings. The summed E-state index contributed by atoms with van der Waals surface area (Å²) in [7, 11) is 6.72. The Kier molecular flexibility index (Phi) is 12.7. The maximum absolute atomic E-state index is 13.7. The summed E-state index contributed by atoms with van der Waals surface area (Å²) in [5.74, 6) is 1.06. The number of ether oxygens (including phenoxy) is 5. The van der Waals surface area contributed by atoms with Crippen LogP contribution in [0.1, 0.15) is 38.8 Å². The zero-order valence-corrected chi connectivity index (χ0v) is 31.5. The first-order chi connectivity index (χ1) is 26.6. The Morgan fingerprint density at radius 2 is 1.42 bits per heavy atom. The number of amides is 1. The van der Waals surface area contributed by atoms with Gasteiger partial charge in [-0.2, -0.15) is 10.0 Å². The quantitative estimate of drug-likeness (QED) is 0.0803. The molecular formula is C42H46N4O9. The van der Waals surface area contributed by atoms with Crippen LogP contribution >= 0.6 is 0 Å². The van der Waals surface area contributed by atoms with Crippen molar-refractivity contribution in [3.8, 4) is 11.5 Å². The third kappa shape index (κ3) is 8.78. The maximum Gasteiger partial charge on any atom is 0.351 e. The number of hydroxylamine groups is 2. The lowest BCUT2D eigenvalue weighted by Gasteiger charge is -2.37. The molecule has 0 radical (unpaired) electrons. The van der Waals surface area contributed by atoms with Crippen LogP contribution in [0.5, 0.6) is 11.5 Å². The zero-order valence-electron chi connectivity index (χ0n) is 31.5. The van der Waals surface area contributed by atoms with Crippen LogP contribution < -0.4 is 20.5 Å². The molecule has 1 aliphatic heterocycles. The number of nitrogens with one attached hydrogen (secondary N) is 1. The molecule has 4 aromatic carbocycles. The van der Waals surface area contributed by atoms with E-state index in [4.69, 9.17) is 28.5 Å². The second-order valence-electron chi connectivity index (χ2n) is 13.1. The van der Waals surface area contributed by atoms with Gasteiger partial charge in [0, 0.05) is 31.4 Å². The van der Waals surface area contributed by atoms with Crippen LogP contribution in [0.25, 0.3) is 0 Å². The van der Waals surface area contributed by atoms with Gasteiger partial charge in [0.25, 0.3) is 5.91 Å². The molecule has 0 aliphatic carbocycles. The van der Waals surface area contributed by atoms with Crippen LogP contribution in [0.3, 0.4) is 0 Å². The lowest BCUT2D eigenvalue weighted by atomic mass is 9.80. The second kappa shape index (κ2) is 17.8. The largest absolute Gasteiger partial charge is 0.497 e. The van der Waals surface area contributed by atoms with Gasteiger partial charge in [0.15, 0.2) is 6.23 Å². The number of nitrogens with zero attached hydrogens (tertiary/aromatic N) is 3. The van der Waals surface area contributed by atoms with Crippen molar-refractivity contribution in [2.45, 2.75) is 37.1 Å². The maximum atomic E-state index is 13.7. The second-order valence-corrected chi connectivity index (χ2v) is 13.1. The zero-order chi connectivity index (χ0) is 39.0. The molecular weight excluding hydrogens is 704 g/mol. The highest BCUT2D eigenvalue weighted by Gasteiger charge is 2.48. The number of carbonyl (C=O) groups is 1. The Balaban J connectivity index is 1.35. The van der Waals surface area contributed by atoms with Crippen LogP contribution in [-0.2, 0) is 24.6 Å². The predicted octanol–water partition coefficient (Wildman–Crippen LogP) is 4.97. The third-order valence-corrected chi connectivity index (χ3v) is 9.37. The van der Waals surface area contributed by atoms with E-state index in [1.807, 2.05) is 78.9 Å². The average Bonchev–Trinajstić information content (AvgIpc) is 3.52. The van der Waals surface area contributed by atoms with Crippen molar-refractivity contribution >= 4 is 11.7 Å². The number of aromatic nitrogens is 2. The SMILES string of the molecule is COc1ccc(C(OC[C@H]2O[C@@H](n3cc(C)c(NC(=O)c4ccccc4)nc3=O)[C@H](OCCON(C)C)[C@@H]2O)(c2ccccc2)c2ccc(OC)cc2)cc1. The summed E-state index contributed by atoms with van der Waals surface area (Å²) in [6.07, 6.45) is -2.79. The van der Waals surface area contributed by atoms with Crippen LogP contribution in [-0.4, -0.2) is 92.1 Å². The number of benzene rings is 4. The molecule has 1 amide bonds. The number of aryl methyl sites for hydroxylation is 1. The summed E-state index contributed by atoms with van der Waals surface area (Å²) in [6, 6.07) is 33.6. The van der Waals surface area contributed by atoms with Gasteiger partial charge in [0.2, 0.25) is 0 Å². The van der Waals surface area contributed by atoms with Gasteiger partial charge in [-0.1, -0.05) is 72.8 Å². The molecule has 4 atom stereocenters. The van der Waals surface area contributed by atoms with Gasteiger partial charge < -0.3 is 34.1 Å². The minimum atomic E-state index is -1.24. The normalized spacial score (nSPS) is 18.3. The smallest absolute Gasteiger partial charge is 0.351 e. The van der Waals surface area contributed by atoms with E-state index in [0.717, 1.165) is 16.7 Å². The number of aliphatic hydroxyl groups excluding tert-OH is 1. The number of hydrogen-bond donors (Lipinski definition) is 2. The topological polar surface area (TPSA) is 143 Å². The summed E-state index contributed by atoms with van der Waals surface area (Å²) < 4.78 is 31.9. The molecule has 2 heterocycles. The molecule has 55 heavy (non-hydrogen) atoms. The summed E-state index contributed by atoms with van der Waals surface area (Å²) in [4.78, 5) is 36.3. The van der Waals surface area contributed by atoms with E-state index >= 15 is 0 Å². The standard InChI is InChI=1S/C42H46N4O9/c1-28-26-46(41(49)44-38(28)43-39(48)29-12-8-6-9-13-29)40-37(52-24-25-54-45(2)3)36(47)35(55-40)27-53-42(30-14-10-7-11-15-30,31-16-20-33(50-4)21-17-31)32-18-22-34(51-5)23-19-32/h6-23,26,35-37,40,47H,24-25,27H2,1-5H3,(H,43,44,48,49)/t35-,36-,37-,40-/m1/s1. The van der Waals surface area contributed by atoms with E-state index in [1.165, 1.54) is 10.8 Å². The molecule has 6 rings (SSSR count). The number of aliphatic hydroxyl groups is 1.